The van der Waals surface area contributed by atoms with E-state index in [9.17, 15) is 0 Å². The molecule has 0 spiro atoms. The van der Waals surface area contributed by atoms with Crippen molar-refractivity contribution in [3.63, 3.8) is 0 Å². The van der Waals surface area contributed by atoms with Gasteiger partial charge in [0.1, 0.15) is 11.7 Å². The summed E-state index contributed by atoms with van der Waals surface area (Å²) in [5.74, 6) is 2.06. The van der Waals surface area contributed by atoms with Crippen LogP contribution >= 0.6 is 0 Å². The fourth-order valence-corrected chi connectivity index (χ4v) is 5.77. The number of furan rings is 1. The summed E-state index contributed by atoms with van der Waals surface area (Å²) in [4.78, 5) is 10.2. The summed E-state index contributed by atoms with van der Waals surface area (Å²) >= 11 is 0. The monoisotopic (exact) mass is 457 g/mol. The maximum absolute atomic E-state index is 6.16. The highest BCUT2D eigenvalue weighted by Gasteiger charge is 2.49. The van der Waals surface area contributed by atoms with E-state index in [1.165, 1.54) is 16.9 Å². The van der Waals surface area contributed by atoms with Gasteiger partial charge in [-0.2, -0.15) is 4.98 Å². The molecule has 3 atom stereocenters. The Kier molecular flexibility index (Phi) is 6.88. The molecule has 2 aromatic heterocycles. The van der Waals surface area contributed by atoms with Crippen LogP contribution in [0.1, 0.15) is 73.3 Å². The highest BCUT2D eigenvalue weighted by Crippen LogP contribution is 2.55. The van der Waals surface area contributed by atoms with E-state index in [-0.39, 0.29) is 6.17 Å². The molecule has 2 aliphatic heterocycles. The van der Waals surface area contributed by atoms with Crippen LogP contribution in [0.15, 0.2) is 59.0 Å². The van der Waals surface area contributed by atoms with E-state index in [4.69, 9.17) is 9.40 Å². The minimum atomic E-state index is 0.278. The van der Waals surface area contributed by atoms with Crippen LogP contribution in [-0.4, -0.2) is 17.2 Å². The van der Waals surface area contributed by atoms with E-state index in [1.54, 1.807) is 0 Å². The number of anilines is 3. The minimum Gasteiger partial charge on any atom is -0.438 e. The highest BCUT2D eigenvalue weighted by atomic mass is 16.3. The fourth-order valence-electron chi connectivity index (χ4n) is 5.77. The predicted molar refractivity (Wildman–Crippen MR) is 146 cm³/mol. The Morgan fingerprint density at radius 3 is 2.29 bits per heavy atom. The standard InChI is InChI=1S/C26H27N3O.2C2H6/c1-5-17-16(4)18-10-6-8-12-21(18)29-24-22(28(15(2)3)26(17)29)14-20-19-11-7-9-13-23(19)30-25(20)27-24;2*1-2/h6-17,26H,5H2,1-4H3;2*1-2H3. The van der Waals surface area contributed by atoms with Gasteiger partial charge >= 0.3 is 0 Å². The number of hydrogen-bond donors (Lipinski definition) is 0. The number of aromatic nitrogens is 1. The van der Waals surface area contributed by atoms with E-state index in [0.29, 0.717) is 17.9 Å². The van der Waals surface area contributed by atoms with Crippen molar-refractivity contribution in [1.82, 2.24) is 4.98 Å². The van der Waals surface area contributed by atoms with Gasteiger partial charge in [0.25, 0.3) is 0 Å². The smallest absolute Gasteiger partial charge is 0.229 e. The maximum atomic E-state index is 6.16. The van der Waals surface area contributed by atoms with Gasteiger partial charge in [-0.25, -0.2) is 0 Å². The van der Waals surface area contributed by atoms with Gasteiger partial charge in [-0.15, -0.1) is 0 Å². The summed E-state index contributed by atoms with van der Waals surface area (Å²) in [6, 6.07) is 19.8. The van der Waals surface area contributed by atoms with Gasteiger partial charge in [0.05, 0.1) is 11.1 Å². The Bertz CT molecular complexity index is 1270. The van der Waals surface area contributed by atoms with Crippen LogP contribution in [0.3, 0.4) is 0 Å². The first-order chi connectivity index (χ1) is 16.6. The molecule has 4 heteroatoms. The third-order valence-electron chi connectivity index (χ3n) is 7.13. The minimum absolute atomic E-state index is 0.278. The Labute approximate surface area is 204 Å². The quantitative estimate of drug-likeness (QED) is 0.301. The first-order valence-electron chi connectivity index (χ1n) is 13.1. The van der Waals surface area contributed by atoms with Gasteiger partial charge in [0, 0.05) is 23.0 Å². The summed E-state index contributed by atoms with van der Waals surface area (Å²) in [6.07, 6.45) is 1.41. The van der Waals surface area contributed by atoms with Crippen LogP contribution in [0.2, 0.25) is 0 Å². The van der Waals surface area contributed by atoms with Gasteiger partial charge in [0.15, 0.2) is 5.82 Å². The van der Waals surface area contributed by atoms with E-state index in [2.05, 4.69) is 80.0 Å². The lowest BCUT2D eigenvalue weighted by atomic mass is 9.78. The van der Waals surface area contributed by atoms with Crippen molar-refractivity contribution in [2.45, 2.75) is 79.9 Å². The third-order valence-corrected chi connectivity index (χ3v) is 7.13. The molecular weight excluding hydrogens is 418 g/mol. The second-order valence-corrected chi connectivity index (χ2v) is 8.99. The summed E-state index contributed by atoms with van der Waals surface area (Å²) in [7, 11) is 0. The SMILES string of the molecule is CC.CC.CCC1C(C)c2ccccc2N2c3nc4oc5ccccc5c4cc3N(C(C)C)C12. The van der Waals surface area contributed by atoms with E-state index in [1.807, 2.05) is 39.8 Å². The van der Waals surface area contributed by atoms with Gasteiger partial charge < -0.3 is 14.2 Å². The molecule has 4 heterocycles. The second-order valence-electron chi connectivity index (χ2n) is 8.99. The molecule has 0 amide bonds. The summed E-state index contributed by atoms with van der Waals surface area (Å²) in [5, 5.41) is 2.24. The highest BCUT2D eigenvalue weighted by molar-refractivity contribution is 6.06. The lowest BCUT2D eigenvalue weighted by Crippen LogP contribution is -2.53. The average molecular weight is 458 g/mol. The van der Waals surface area contributed by atoms with Gasteiger partial charge in [-0.1, -0.05) is 77.9 Å². The molecular formula is C30H39N3O. The molecule has 0 bridgehead atoms. The third kappa shape index (κ3) is 3.46. The number of pyridine rings is 1. The van der Waals surface area contributed by atoms with Crippen molar-refractivity contribution < 1.29 is 4.42 Å². The second kappa shape index (κ2) is 9.69. The van der Waals surface area contributed by atoms with Gasteiger partial charge in [-0.05, 0) is 49.9 Å². The van der Waals surface area contributed by atoms with Crippen molar-refractivity contribution >= 4 is 39.3 Å². The molecule has 2 aliphatic rings. The van der Waals surface area contributed by atoms with Crippen LogP contribution < -0.4 is 9.80 Å². The molecule has 2 aromatic carbocycles. The molecule has 0 radical (unpaired) electrons. The topological polar surface area (TPSA) is 32.5 Å². The number of benzene rings is 2. The molecule has 4 aromatic rings. The summed E-state index contributed by atoms with van der Waals surface area (Å²) < 4.78 is 6.16. The number of hydrogen-bond acceptors (Lipinski definition) is 4. The van der Waals surface area contributed by atoms with Gasteiger partial charge in [-0.3, -0.25) is 0 Å². The molecule has 4 nitrogen and oxygen atoms in total. The zero-order valence-electron chi connectivity index (χ0n) is 22.0. The Morgan fingerprint density at radius 2 is 1.59 bits per heavy atom. The van der Waals surface area contributed by atoms with Crippen LogP contribution in [0.5, 0.6) is 0 Å². The zero-order chi connectivity index (χ0) is 24.6. The van der Waals surface area contributed by atoms with Crippen LogP contribution in [0, 0.1) is 5.92 Å². The van der Waals surface area contributed by atoms with Crippen molar-refractivity contribution in [3.05, 3.63) is 60.2 Å². The van der Waals surface area contributed by atoms with Crippen molar-refractivity contribution in [3.8, 4) is 0 Å². The number of fused-ring (bicyclic) bond motifs is 8. The van der Waals surface area contributed by atoms with Crippen molar-refractivity contribution in [1.29, 1.82) is 0 Å². The van der Waals surface area contributed by atoms with Crippen molar-refractivity contribution in [2.24, 2.45) is 5.92 Å². The predicted octanol–water partition coefficient (Wildman–Crippen LogP) is 8.87. The summed E-state index contributed by atoms with van der Waals surface area (Å²) in [6.45, 7) is 17.3. The molecule has 3 unspecified atom stereocenters. The van der Waals surface area contributed by atoms with E-state index >= 15 is 0 Å². The molecule has 0 fully saturated rings. The average Bonchev–Trinajstić information content (AvgIpc) is 3.40. The molecule has 6 rings (SSSR count). The number of rotatable bonds is 2. The first kappa shape index (κ1) is 24.1. The maximum Gasteiger partial charge on any atom is 0.229 e. The largest absolute Gasteiger partial charge is 0.438 e. The van der Waals surface area contributed by atoms with Crippen LogP contribution in [-0.2, 0) is 0 Å². The van der Waals surface area contributed by atoms with Crippen LogP contribution in [0.25, 0.3) is 22.1 Å². The fraction of sp³-hybridized carbons (Fsp3) is 0.433. The lowest BCUT2D eigenvalue weighted by molar-refractivity contribution is 0.322. The Balaban J connectivity index is 0.000000652. The van der Waals surface area contributed by atoms with Crippen LogP contribution in [0.4, 0.5) is 17.2 Å². The first-order valence-corrected chi connectivity index (χ1v) is 13.1. The zero-order valence-corrected chi connectivity index (χ0v) is 22.0. The Hall–Kier alpha value is -3.01. The number of nitrogens with zero attached hydrogens (tertiary/aromatic N) is 3. The van der Waals surface area contributed by atoms with E-state index in [0.717, 1.165) is 34.3 Å². The van der Waals surface area contributed by atoms with E-state index < -0.39 is 0 Å². The number of para-hydroxylation sites is 2. The molecule has 0 N–H and O–H groups in total. The Morgan fingerprint density at radius 1 is 0.912 bits per heavy atom. The molecule has 0 saturated heterocycles. The molecule has 0 saturated carbocycles. The summed E-state index contributed by atoms with van der Waals surface area (Å²) in [5.41, 5.74) is 5.55. The molecule has 0 aliphatic carbocycles. The lowest BCUT2D eigenvalue weighted by Gasteiger charge is -2.46. The molecule has 180 valence electrons. The van der Waals surface area contributed by atoms with Gasteiger partial charge in [0.2, 0.25) is 5.71 Å². The molecule has 34 heavy (non-hydrogen) atoms. The normalized spacial score (nSPS) is 20.3. The van der Waals surface area contributed by atoms with Crippen molar-refractivity contribution in [2.75, 3.05) is 9.80 Å².